The van der Waals surface area contributed by atoms with Gasteiger partial charge in [0.25, 0.3) is 5.91 Å². The Hall–Kier alpha value is -1.49. The lowest BCUT2D eigenvalue weighted by Gasteiger charge is -2.11. The Labute approximate surface area is 113 Å². The van der Waals surface area contributed by atoms with Crippen LogP contribution in [0.15, 0.2) is 24.3 Å². The summed E-state index contributed by atoms with van der Waals surface area (Å²) in [7, 11) is 3.41. The molecule has 5 heteroatoms. The number of hydrogen-bond acceptors (Lipinski definition) is 3. The van der Waals surface area contributed by atoms with Crippen molar-refractivity contribution in [1.82, 2.24) is 10.2 Å². The molecular weight excluding hydrogens is 248 g/mol. The lowest BCUT2D eigenvalue weighted by atomic mass is 10.1. The fraction of sp³-hybridized carbons (Fsp3) is 0.385. The van der Waals surface area contributed by atoms with Crippen molar-refractivity contribution in [3.8, 4) is 0 Å². The Morgan fingerprint density at radius 2 is 2.06 bits per heavy atom. The fourth-order valence-electron chi connectivity index (χ4n) is 1.52. The zero-order valence-corrected chi connectivity index (χ0v) is 11.5. The quantitative estimate of drug-likeness (QED) is 0.781. The van der Waals surface area contributed by atoms with Gasteiger partial charge in [-0.2, -0.15) is 12.6 Å². The molecule has 98 valence electrons. The summed E-state index contributed by atoms with van der Waals surface area (Å²) < 4.78 is 0. The van der Waals surface area contributed by atoms with Crippen molar-refractivity contribution in [3.63, 3.8) is 0 Å². The molecule has 2 amide bonds. The molecule has 4 nitrogen and oxygen atoms in total. The van der Waals surface area contributed by atoms with Crippen molar-refractivity contribution >= 4 is 24.4 Å². The van der Waals surface area contributed by atoms with Gasteiger partial charge in [0, 0.05) is 32.0 Å². The van der Waals surface area contributed by atoms with Crippen LogP contribution >= 0.6 is 12.6 Å². The number of amides is 2. The molecule has 0 spiro atoms. The smallest absolute Gasteiger partial charge is 0.253 e. The number of benzene rings is 1. The van der Waals surface area contributed by atoms with Crippen LogP contribution in [0.5, 0.6) is 0 Å². The standard InChI is InChI=1S/C13H18N2O2S/c1-15(2)13(17)11-5-3-4-10(8-11)9-12(16)14-6-7-18/h3-5,8,18H,6-7,9H2,1-2H3,(H,14,16). The van der Waals surface area contributed by atoms with Gasteiger partial charge in [-0.25, -0.2) is 0 Å². The second kappa shape index (κ2) is 7.06. The van der Waals surface area contributed by atoms with E-state index in [4.69, 9.17) is 0 Å². The minimum absolute atomic E-state index is 0.0569. The van der Waals surface area contributed by atoms with Gasteiger partial charge in [-0.3, -0.25) is 9.59 Å². The molecule has 0 aliphatic rings. The Morgan fingerprint density at radius 3 is 2.67 bits per heavy atom. The Morgan fingerprint density at radius 1 is 1.33 bits per heavy atom. The van der Waals surface area contributed by atoms with Crippen molar-refractivity contribution < 1.29 is 9.59 Å². The Kier molecular flexibility index (Phi) is 5.71. The molecule has 1 N–H and O–H groups in total. The van der Waals surface area contributed by atoms with E-state index in [0.29, 0.717) is 17.9 Å². The largest absolute Gasteiger partial charge is 0.355 e. The first-order chi connectivity index (χ1) is 8.54. The van der Waals surface area contributed by atoms with E-state index in [2.05, 4.69) is 17.9 Å². The molecule has 0 saturated heterocycles. The van der Waals surface area contributed by atoms with E-state index >= 15 is 0 Å². The van der Waals surface area contributed by atoms with Gasteiger partial charge < -0.3 is 10.2 Å². The number of nitrogens with zero attached hydrogens (tertiary/aromatic N) is 1. The van der Waals surface area contributed by atoms with E-state index in [1.54, 1.807) is 32.3 Å². The second-order valence-corrected chi connectivity index (χ2v) is 4.60. The molecule has 0 heterocycles. The number of carbonyl (C=O) groups excluding carboxylic acids is 2. The molecule has 0 radical (unpaired) electrons. The van der Waals surface area contributed by atoms with Crippen LogP contribution in [0.4, 0.5) is 0 Å². The average Bonchev–Trinajstić information content (AvgIpc) is 2.35. The minimum Gasteiger partial charge on any atom is -0.355 e. The highest BCUT2D eigenvalue weighted by atomic mass is 32.1. The summed E-state index contributed by atoms with van der Waals surface area (Å²) in [4.78, 5) is 24.8. The van der Waals surface area contributed by atoms with Crippen LogP contribution in [0.2, 0.25) is 0 Å². The van der Waals surface area contributed by atoms with Gasteiger partial charge in [-0.05, 0) is 17.7 Å². The van der Waals surface area contributed by atoms with Crippen LogP contribution in [0.1, 0.15) is 15.9 Å². The van der Waals surface area contributed by atoms with Gasteiger partial charge in [0.2, 0.25) is 5.91 Å². The maximum absolute atomic E-state index is 11.8. The highest BCUT2D eigenvalue weighted by molar-refractivity contribution is 7.80. The minimum atomic E-state index is -0.0624. The molecule has 0 atom stereocenters. The lowest BCUT2D eigenvalue weighted by molar-refractivity contribution is -0.120. The molecule has 0 unspecified atom stereocenters. The summed E-state index contributed by atoms with van der Waals surface area (Å²) in [6.45, 7) is 0.554. The summed E-state index contributed by atoms with van der Waals surface area (Å²) in [6, 6.07) is 7.13. The van der Waals surface area contributed by atoms with Crippen molar-refractivity contribution in [2.75, 3.05) is 26.4 Å². The molecule has 0 aliphatic heterocycles. The molecule has 0 saturated carbocycles. The fourth-order valence-corrected chi connectivity index (χ4v) is 1.63. The van der Waals surface area contributed by atoms with Gasteiger partial charge in [0.05, 0.1) is 6.42 Å². The highest BCUT2D eigenvalue weighted by Crippen LogP contribution is 2.08. The second-order valence-electron chi connectivity index (χ2n) is 4.15. The topological polar surface area (TPSA) is 49.4 Å². The van der Waals surface area contributed by atoms with Gasteiger partial charge in [0.1, 0.15) is 0 Å². The molecule has 0 aromatic heterocycles. The molecule has 18 heavy (non-hydrogen) atoms. The van der Waals surface area contributed by atoms with Crippen molar-refractivity contribution in [2.24, 2.45) is 0 Å². The van der Waals surface area contributed by atoms with Crippen LogP contribution in [0, 0.1) is 0 Å². The number of rotatable bonds is 5. The number of nitrogens with one attached hydrogen (secondary N) is 1. The lowest BCUT2D eigenvalue weighted by Crippen LogP contribution is -2.27. The normalized spacial score (nSPS) is 9.94. The van der Waals surface area contributed by atoms with Gasteiger partial charge in [-0.1, -0.05) is 12.1 Å². The van der Waals surface area contributed by atoms with Gasteiger partial charge >= 0.3 is 0 Å². The molecule has 0 aliphatic carbocycles. The monoisotopic (exact) mass is 266 g/mol. The van der Waals surface area contributed by atoms with Crippen LogP contribution in [-0.4, -0.2) is 43.1 Å². The van der Waals surface area contributed by atoms with Crippen LogP contribution < -0.4 is 5.32 Å². The van der Waals surface area contributed by atoms with Crippen LogP contribution in [-0.2, 0) is 11.2 Å². The zero-order valence-electron chi connectivity index (χ0n) is 10.6. The van der Waals surface area contributed by atoms with Gasteiger partial charge in [-0.15, -0.1) is 0 Å². The summed E-state index contributed by atoms with van der Waals surface area (Å²) in [5.41, 5.74) is 1.43. The molecule has 1 rings (SSSR count). The summed E-state index contributed by atoms with van der Waals surface area (Å²) in [5, 5.41) is 2.74. The van der Waals surface area contributed by atoms with Crippen LogP contribution in [0.25, 0.3) is 0 Å². The van der Waals surface area contributed by atoms with E-state index in [-0.39, 0.29) is 18.2 Å². The third-order valence-electron chi connectivity index (χ3n) is 2.38. The SMILES string of the molecule is CN(C)C(=O)c1cccc(CC(=O)NCCS)c1. The summed E-state index contributed by atoms with van der Waals surface area (Å²) in [6.07, 6.45) is 0.280. The molecular formula is C13H18N2O2S. The first kappa shape index (κ1) is 14.6. The summed E-state index contributed by atoms with van der Waals surface area (Å²) >= 11 is 4.02. The third-order valence-corrected chi connectivity index (χ3v) is 2.60. The van der Waals surface area contributed by atoms with Gasteiger partial charge in [0.15, 0.2) is 0 Å². The third kappa shape index (κ3) is 4.41. The van der Waals surface area contributed by atoms with E-state index in [1.165, 1.54) is 4.90 Å². The van der Waals surface area contributed by atoms with E-state index in [9.17, 15) is 9.59 Å². The first-order valence-electron chi connectivity index (χ1n) is 5.72. The number of hydrogen-bond donors (Lipinski definition) is 2. The average molecular weight is 266 g/mol. The Bertz CT molecular complexity index is 433. The first-order valence-corrected chi connectivity index (χ1v) is 6.36. The molecule has 0 fully saturated rings. The number of carbonyl (C=O) groups is 2. The zero-order chi connectivity index (χ0) is 13.5. The maximum Gasteiger partial charge on any atom is 0.253 e. The van der Waals surface area contributed by atoms with Crippen molar-refractivity contribution in [1.29, 1.82) is 0 Å². The van der Waals surface area contributed by atoms with Crippen LogP contribution in [0.3, 0.4) is 0 Å². The van der Waals surface area contributed by atoms with E-state index < -0.39 is 0 Å². The predicted molar refractivity (Wildman–Crippen MR) is 75.0 cm³/mol. The molecule has 1 aromatic rings. The molecule has 0 bridgehead atoms. The number of thiol groups is 1. The Balaban J connectivity index is 2.70. The predicted octanol–water partition coefficient (Wildman–Crippen LogP) is 0.977. The molecule has 1 aromatic carbocycles. The maximum atomic E-state index is 11.8. The van der Waals surface area contributed by atoms with Crippen molar-refractivity contribution in [2.45, 2.75) is 6.42 Å². The van der Waals surface area contributed by atoms with E-state index in [1.807, 2.05) is 6.07 Å². The summed E-state index contributed by atoms with van der Waals surface area (Å²) in [5.74, 6) is 0.497. The van der Waals surface area contributed by atoms with Crippen molar-refractivity contribution in [3.05, 3.63) is 35.4 Å². The highest BCUT2D eigenvalue weighted by Gasteiger charge is 2.09. The van der Waals surface area contributed by atoms with E-state index in [0.717, 1.165) is 5.56 Å².